The maximum atomic E-state index is 14.3. The van der Waals surface area contributed by atoms with E-state index in [-0.39, 0.29) is 24.3 Å². The Balaban J connectivity index is 1.16. The molecule has 1 aliphatic rings. The first kappa shape index (κ1) is 45.3. The minimum absolute atomic E-state index is 0.105. The number of carbonyl (C=O) groups excluding carboxylic acids is 2. The second kappa shape index (κ2) is 19.6. The number of esters is 2. The van der Waals surface area contributed by atoms with E-state index in [0.29, 0.717) is 56.5 Å². The van der Waals surface area contributed by atoms with Crippen molar-refractivity contribution in [1.82, 2.24) is 14.5 Å². The normalized spacial score (nSPS) is 16.9. The topological polar surface area (TPSA) is 92.1 Å². The first-order valence-corrected chi connectivity index (χ1v) is 20.2. The summed E-state index contributed by atoms with van der Waals surface area (Å²) in [5.41, 5.74) is 3.77. The van der Waals surface area contributed by atoms with Gasteiger partial charge in [-0.05, 0) is 86.7 Å². The molecule has 0 saturated heterocycles. The van der Waals surface area contributed by atoms with Gasteiger partial charge in [-0.25, -0.2) is 27.3 Å². The number of methoxy groups -OCH3 is 1. The zero-order valence-electron chi connectivity index (χ0n) is 34.7. The fraction of sp³-hybridized carbons (Fsp3) is 0.413. The number of imidazole rings is 1. The number of nitrogens with zero attached hydrogens (tertiary/aromatic N) is 3. The molecule has 326 valence electrons. The number of aryl methyl sites for hydroxylation is 2. The van der Waals surface area contributed by atoms with Gasteiger partial charge in [-0.1, -0.05) is 56.3 Å². The average molecular weight is 854 g/mol. The molecule has 4 aromatic carbocycles. The van der Waals surface area contributed by atoms with E-state index >= 15 is 0 Å². The van der Waals surface area contributed by atoms with Crippen LogP contribution in [0.4, 0.5) is 26.3 Å². The van der Waals surface area contributed by atoms with Crippen molar-refractivity contribution in [2.75, 3.05) is 40.5 Å². The summed E-state index contributed by atoms with van der Waals surface area (Å²) in [4.78, 5) is 32.7. The van der Waals surface area contributed by atoms with Crippen LogP contribution in [0, 0.1) is 40.8 Å². The lowest BCUT2D eigenvalue weighted by Gasteiger charge is -2.47. The first-order chi connectivity index (χ1) is 29.2. The van der Waals surface area contributed by atoms with E-state index in [2.05, 4.69) is 23.5 Å². The van der Waals surface area contributed by atoms with E-state index in [1.54, 1.807) is 30.3 Å². The van der Waals surface area contributed by atoms with Crippen LogP contribution < -0.4 is 4.74 Å². The highest BCUT2D eigenvalue weighted by atomic mass is 19.2. The van der Waals surface area contributed by atoms with E-state index in [0.717, 1.165) is 34.4 Å². The van der Waals surface area contributed by atoms with Crippen LogP contribution in [-0.2, 0) is 43.1 Å². The molecule has 9 nitrogen and oxygen atoms in total. The maximum absolute atomic E-state index is 14.3. The van der Waals surface area contributed by atoms with Gasteiger partial charge in [0, 0.05) is 44.6 Å². The zero-order valence-corrected chi connectivity index (χ0v) is 34.7. The largest absolute Gasteiger partial charge is 0.457 e. The fourth-order valence-electron chi connectivity index (χ4n) is 8.47. The first-order valence-electron chi connectivity index (χ1n) is 20.2. The highest BCUT2D eigenvalue weighted by Gasteiger charge is 2.48. The molecule has 61 heavy (non-hydrogen) atoms. The van der Waals surface area contributed by atoms with Crippen molar-refractivity contribution in [3.8, 4) is 5.75 Å². The van der Waals surface area contributed by atoms with Gasteiger partial charge in [0.05, 0.1) is 17.5 Å². The van der Waals surface area contributed by atoms with Crippen LogP contribution in [0.1, 0.15) is 80.3 Å². The van der Waals surface area contributed by atoms with Crippen LogP contribution >= 0.6 is 0 Å². The number of benzene rings is 4. The third-order valence-electron chi connectivity index (χ3n) is 11.2. The van der Waals surface area contributed by atoms with Crippen LogP contribution in [0.3, 0.4) is 0 Å². The third kappa shape index (κ3) is 9.95. The Labute approximate surface area is 350 Å². The molecule has 0 aliphatic heterocycles. The van der Waals surface area contributed by atoms with Gasteiger partial charge in [-0.3, -0.25) is 9.36 Å². The molecule has 1 unspecified atom stereocenters. The summed E-state index contributed by atoms with van der Waals surface area (Å²) >= 11 is 0. The summed E-state index contributed by atoms with van der Waals surface area (Å²) in [5.74, 6) is -14.2. The average Bonchev–Trinajstić information content (AvgIpc) is 3.60. The summed E-state index contributed by atoms with van der Waals surface area (Å²) in [7, 11) is 3.47. The fourth-order valence-corrected chi connectivity index (χ4v) is 8.47. The lowest BCUT2D eigenvalue weighted by molar-refractivity contribution is -0.172. The number of carbonyl (C=O) groups is 2. The molecular formula is C46H49F6N3O6. The molecule has 6 rings (SSSR count). The van der Waals surface area contributed by atoms with Crippen molar-refractivity contribution >= 4 is 23.0 Å². The second-order valence-electron chi connectivity index (χ2n) is 15.7. The van der Waals surface area contributed by atoms with Gasteiger partial charge >= 0.3 is 11.9 Å². The molecule has 0 saturated carbocycles. The van der Waals surface area contributed by atoms with Gasteiger partial charge in [-0.2, -0.15) is 8.78 Å². The van der Waals surface area contributed by atoms with Gasteiger partial charge in [0.1, 0.15) is 23.8 Å². The van der Waals surface area contributed by atoms with Gasteiger partial charge in [-0.15, -0.1) is 0 Å². The lowest BCUT2D eigenvalue weighted by atomic mass is 9.65. The minimum atomic E-state index is -2.36. The van der Waals surface area contributed by atoms with E-state index in [1.807, 2.05) is 48.9 Å². The standard InChI is InChI=1S/C46H49F6N3O6/c1-6-59-45(29-15-13-28(14-16-29)24-36(56)60-44-42(51)40(49)39(48)41(50)43(44)52)55-34-11-8-7-10-33(34)53-35(55)12-9-22-54(4)23-21-46(61-37(57)26-58-5)20-19-30-25-31(47)17-18-32(30)38(46)27(2)3/h7-8,10-11,13-18,25,27,38,45H,6,9,12,19-24,26H2,1-5H3/t38-,45?,46-/m0/s1. The third-order valence-corrected chi connectivity index (χ3v) is 11.2. The van der Waals surface area contributed by atoms with Gasteiger partial charge in [0.2, 0.25) is 34.8 Å². The summed E-state index contributed by atoms with van der Waals surface area (Å²) < 4.78 is 108. The Hall–Kier alpha value is -5.25. The predicted octanol–water partition coefficient (Wildman–Crippen LogP) is 9.17. The molecule has 1 aliphatic carbocycles. The Morgan fingerprint density at radius 3 is 2.26 bits per heavy atom. The Bertz CT molecular complexity index is 2330. The number of hydrogen-bond acceptors (Lipinski definition) is 8. The summed E-state index contributed by atoms with van der Waals surface area (Å²) in [6.07, 6.45) is 1.83. The lowest BCUT2D eigenvalue weighted by Crippen LogP contribution is -2.49. The van der Waals surface area contributed by atoms with Crippen molar-refractivity contribution in [2.45, 2.75) is 77.0 Å². The number of aromatic nitrogens is 2. The number of rotatable bonds is 18. The highest BCUT2D eigenvalue weighted by molar-refractivity contribution is 5.77. The van der Waals surface area contributed by atoms with Gasteiger partial charge in [0.15, 0.2) is 6.23 Å². The summed E-state index contributed by atoms with van der Waals surface area (Å²) in [5, 5.41) is 0. The smallest absolute Gasteiger partial charge is 0.332 e. The number of halogens is 6. The molecule has 15 heteroatoms. The van der Waals surface area contributed by atoms with Crippen LogP contribution in [0.5, 0.6) is 5.75 Å². The van der Waals surface area contributed by atoms with E-state index in [4.69, 9.17) is 19.2 Å². The molecule has 0 radical (unpaired) electrons. The molecule has 0 fully saturated rings. The molecule has 0 bridgehead atoms. The molecule has 3 atom stereocenters. The predicted molar refractivity (Wildman–Crippen MR) is 215 cm³/mol. The van der Waals surface area contributed by atoms with Crippen molar-refractivity contribution in [3.05, 3.63) is 130 Å². The SMILES string of the molecule is CCOC(c1ccc(CC(=O)Oc2c(F)c(F)c(F)c(F)c2F)cc1)n1c(CCCN(C)CC[C@@]2(OC(=O)COC)CCc3cc(F)ccc3[C@@H]2C(C)C)nc2ccccc21. The van der Waals surface area contributed by atoms with Crippen molar-refractivity contribution in [2.24, 2.45) is 5.92 Å². The van der Waals surface area contributed by atoms with Crippen molar-refractivity contribution in [1.29, 1.82) is 0 Å². The minimum Gasteiger partial charge on any atom is -0.457 e. The molecule has 0 N–H and O–H groups in total. The second-order valence-corrected chi connectivity index (χ2v) is 15.7. The van der Waals surface area contributed by atoms with E-state index in [9.17, 15) is 35.9 Å². The van der Waals surface area contributed by atoms with Crippen molar-refractivity contribution in [3.63, 3.8) is 0 Å². The number of fused-ring (bicyclic) bond motifs is 2. The monoisotopic (exact) mass is 853 g/mol. The number of ether oxygens (including phenoxy) is 4. The zero-order chi connectivity index (χ0) is 44.0. The van der Waals surface area contributed by atoms with Crippen molar-refractivity contribution < 1.29 is 54.9 Å². The quantitative estimate of drug-likeness (QED) is 0.0284. The highest BCUT2D eigenvalue weighted by Crippen LogP contribution is 2.48. The van der Waals surface area contributed by atoms with Crippen LogP contribution in [0.15, 0.2) is 66.7 Å². The number of hydrogen-bond donors (Lipinski definition) is 0. The Morgan fingerprint density at radius 2 is 1.59 bits per heavy atom. The molecule has 0 amide bonds. The summed E-state index contributed by atoms with van der Waals surface area (Å²) in [6.45, 7) is 7.53. The van der Waals surface area contributed by atoms with Crippen LogP contribution in [-0.4, -0.2) is 72.5 Å². The molecule has 1 heterocycles. The van der Waals surface area contributed by atoms with Gasteiger partial charge < -0.3 is 23.8 Å². The molecule has 1 aromatic heterocycles. The number of para-hydroxylation sites is 2. The Kier molecular flexibility index (Phi) is 14.6. The van der Waals surface area contributed by atoms with Gasteiger partial charge in [0.25, 0.3) is 0 Å². The molecule has 5 aromatic rings. The summed E-state index contributed by atoms with van der Waals surface area (Å²) in [6, 6.07) is 19.1. The van der Waals surface area contributed by atoms with E-state index < -0.39 is 65.0 Å². The Morgan fingerprint density at radius 1 is 0.902 bits per heavy atom. The molecular weight excluding hydrogens is 805 g/mol. The maximum Gasteiger partial charge on any atom is 0.332 e. The van der Waals surface area contributed by atoms with Crippen LogP contribution in [0.2, 0.25) is 0 Å². The van der Waals surface area contributed by atoms with Crippen LogP contribution in [0.25, 0.3) is 11.0 Å². The molecule has 0 spiro atoms. The van der Waals surface area contributed by atoms with E-state index in [1.165, 1.54) is 13.2 Å².